The van der Waals surface area contributed by atoms with Crippen LogP contribution in [-0.4, -0.2) is 24.6 Å². The molecule has 0 aliphatic heterocycles. The van der Waals surface area contributed by atoms with E-state index in [1.807, 2.05) is 19.2 Å². The van der Waals surface area contributed by atoms with E-state index in [0.717, 1.165) is 25.7 Å². The Labute approximate surface area is 115 Å². The van der Waals surface area contributed by atoms with E-state index in [1.54, 1.807) is 0 Å². The van der Waals surface area contributed by atoms with Crippen molar-refractivity contribution < 1.29 is 26.7 Å². The first-order chi connectivity index (χ1) is 9.00. The van der Waals surface area contributed by atoms with E-state index in [1.165, 1.54) is 0 Å². The molecule has 0 bridgehead atoms. The molecule has 1 amide bonds. The molecular weight excluding hydrogens is 281 g/mol. The van der Waals surface area contributed by atoms with E-state index in [0.29, 0.717) is 12.3 Å². The highest BCUT2D eigenvalue weighted by Gasteiger charge is 2.63. The molecule has 0 spiro atoms. The van der Waals surface area contributed by atoms with Crippen molar-refractivity contribution in [3.05, 3.63) is 0 Å². The third kappa shape index (κ3) is 3.82. The Morgan fingerprint density at radius 2 is 1.65 bits per heavy atom. The highest BCUT2D eigenvalue weighted by atomic mass is 19.4. The largest absolute Gasteiger partial charge is 0.463 e. The Hall–Kier alpha value is -0.880. The van der Waals surface area contributed by atoms with E-state index >= 15 is 0 Å². The first-order valence-electron chi connectivity index (χ1n) is 6.73. The van der Waals surface area contributed by atoms with Crippen molar-refractivity contribution in [3.8, 4) is 0 Å². The number of hydrogen-bond acceptors (Lipinski definition) is 1. The highest BCUT2D eigenvalue weighted by molar-refractivity contribution is 5.84. The van der Waals surface area contributed by atoms with Gasteiger partial charge in [-0.3, -0.25) is 4.79 Å². The summed E-state index contributed by atoms with van der Waals surface area (Å²) in [5, 5.41) is 1.81. The van der Waals surface area contributed by atoms with Crippen LogP contribution in [0.25, 0.3) is 0 Å². The quantitative estimate of drug-likeness (QED) is 0.767. The molecule has 1 fully saturated rings. The van der Waals surface area contributed by atoms with Crippen molar-refractivity contribution in [2.24, 2.45) is 11.3 Å². The smallest absolute Gasteiger partial charge is 0.350 e. The molecule has 0 heterocycles. The van der Waals surface area contributed by atoms with Gasteiger partial charge in [-0.25, -0.2) is 0 Å². The summed E-state index contributed by atoms with van der Waals surface area (Å²) in [6, 6.07) is 0. The molecule has 0 aromatic carbocycles. The Balaban J connectivity index is 2.67. The third-order valence-electron chi connectivity index (χ3n) is 3.77. The number of carbonyl (C=O) groups excluding carboxylic acids is 1. The van der Waals surface area contributed by atoms with Crippen molar-refractivity contribution in [3.63, 3.8) is 0 Å². The Bertz CT molecular complexity index is 345. The van der Waals surface area contributed by atoms with Crippen LogP contribution in [0.1, 0.15) is 46.0 Å². The molecule has 1 aliphatic carbocycles. The van der Waals surface area contributed by atoms with Crippen molar-refractivity contribution in [1.29, 1.82) is 0 Å². The van der Waals surface area contributed by atoms with Gasteiger partial charge in [-0.05, 0) is 30.6 Å². The van der Waals surface area contributed by atoms with Gasteiger partial charge in [0, 0.05) is 6.54 Å². The second-order valence-corrected chi connectivity index (χ2v) is 6.06. The first kappa shape index (κ1) is 17.2. The molecule has 2 nitrogen and oxygen atoms in total. The van der Waals surface area contributed by atoms with E-state index in [-0.39, 0.29) is 12.0 Å². The average molecular weight is 301 g/mol. The van der Waals surface area contributed by atoms with Crippen LogP contribution in [0.3, 0.4) is 0 Å². The Morgan fingerprint density at radius 3 is 2.05 bits per heavy atom. The fourth-order valence-corrected chi connectivity index (χ4v) is 2.95. The minimum atomic E-state index is -5.85. The molecule has 0 radical (unpaired) electrons. The Morgan fingerprint density at radius 1 is 1.15 bits per heavy atom. The fourth-order valence-electron chi connectivity index (χ4n) is 2.95. The van der Waals surface area contributed by atoms with Gasteiger partial charge in [-0.15, -0.1) is 0 Å². The van der Waals surface area contributed by atoms with Gasteiger partial charge in [0.05, 0.1) is 0 Å². The maximum atomic E-state index is 12.8. The molecule has 1 aliphatic rings. The minimum absolute atomic E-state index is 0.115. The van der Waals surface area contributed by atoms with E-state index in [2.05, 4.69) is 0 Å². The molecule has 0 aromatic heterocycles. The zero-order chi connectivity index (χ0) is 15.6. The predicted octanol–water partition coefficient (Wildman–Crippen LogP) is 3.91. The van der Waals surface area contributed by atoms with Gasteiger partial charge in [-0.1, -0.05) is 26.7 Å². The predicted molar refractivity (Wildman–Crippen MR) is 64.4 cm³/mol. The normalized spacial score (nSPS) is 19.4. The average Bonchev–Trinajstić information content (AvgIpc) is 2.72. The molecule has 7 heteroatoms. The monoisotopic (exact) mass is 301 g/mol. The van der Waals surface area contributed by atoms with Gasteiger partial charge < -0.3 is 5.32 Å². The second kappa shape index (κ2) is 5.85. The maximum Gasteiger partial charge on any atom is 0.463 e. The van der Waals surface area contributed by atoms with Crippen molar-refractivity contribution in [2.45, 2.75) is 58.1 Å². The van der Waals surface area contributed by atoms with Crippen LogP contribution in [0, 0.1) is 11.3 Å². The molecule has 1 saturated carbocycles. The lowest BCUT2D eigenvalue weighted by Crippen LogP contribution is -2.52. The summed E-state index contributed by atoms with van der Waals surface area (Å²) < 4.78 is 61.9. The number of halogens is 5. The van der Waals surface area contributed by atoms with E-state index < -0.39 is 18.0 Å². The van der Waals surface area contributed by atoms with Crippen molar-refractivity contribution in [2.75, 3.05) is 6.54 Å². The number of hydrogen-bond donors (Lipinski definition) is 1. The highest BCUT2D eigenvalue weighted by Crippen LogP contribution is 2.43. The SMILES string of the molecule is CC(C)CC1(CNC(=O)C(F)(F)C(F)(F)F)CCCC1. The molecular formula is C13H20F5NO. The van der Waals surface area contributed by atoms with Gasteiger partial charge in [0.2, 0.25) is 0 Å². The van der Waals surface area contributed by atoms with Crippen LogP contribution < -0.4 is 5.32 Å². The van der Waals surface area contributed by atoms with Crippen LogP contribution in [0.2, 0.25) is 0 Å². The van der Waals surface area contributed by atoms with Crippen LogP contribution in [-0.2, 0) is 4.79 Å². The molecule has 1 rings (SSSR count). The van der Waals surface area contributed by atoms with Crippen LogP contribution in [0.4, 0.5) is 22.0 Å². The van der Waals surface area contributed by atoms with Crippen molar-refractivity contribution in [1.82, 2.24) is 5.32 Å². The van der Waals surface area contributed by atoms with Crippen LogP contribution in [0.5, 0.6) is 0 Å². The molecule has 20 heavy (non-hydrogen) atoms. The minimum Gasteiger partial charge on any atom is -0.350 e. The van der Waals surface area contributed by atoms with Gasteiger partial charge in [-0.2, -0.15) is 22.0 Å². The molecule has 0 aromatic rings. The van der Waals surface area contributed by atoms with Gasteiger partial charge in [0.1, 0.15) is 0 Å². The zero-order valence-electron chi connectivity index (χ0n) is 11.6. The molecule has 0 saturated heterocycles. The molecule has 0 unspecified atom stereocenters. The standard InChI is InChI=1S/C13H20F5NO/c1-9(2)7-11(5-3-4-6-11)8-19-10(20)12(14,15)13(16,17)18/h9H,3-8H2,1-2H3,(H,19,20). The summed E-state index contributed by atoms with van der Waals surface area (Å²) in [6.45, 7) is 3.81. The van der Waals surface area contributed by atoms with Crippen LogP contribution in [0.15, 0.2) is 0 Å². The fraction of sp³-hybridized carbons (Fsp3) is 0.923. The second-order valence-electron chi connectivity index (χ2n) is 6.06. The Kier molecular flexibility index (Phi) is 5.03. The first-order valence-corrected chi connectivity index (χ1v) is 6.73. The van der Waals surface area contributed by atoms with Gasteiger partial charge in [0.25, 0.3) is 5.91 Å². The van der Waals surface area contributed by atoms with E-state index in [4.69, 9.17) is 0 Å². The molecule has 1 N–H and O–H groups in total. The maximum absolute atomic E-state index is 12.8. The molecule has 118 valence electrons. The third-order valence-corrected chi connectivity index (χ3v) is 3.77. The summed E-state index contributed by atoms with van der Waals surface area (Å²) in [6.07, 6.45) is -1.80. The van der Waals surface area contributed by atoms with Gasteiger partial charge >= 0.3 is 12.1 Å². The van der Waals surface area contributed by atoms with Gasteiger partial charge in [0.15, 0.2) is 0 Å². The number of rotatable bonds is 5. The number of carbonyl (C=O) groups is 1. The lowest BCUT2D eigenvalue weighted by Gasteiger charge is -2.32. The van der Waals surface area contributed by atoms with Crippen LogP contribution >= 0.6 is 0 Å². The zero-order valence-corrected chi connectivity index (χ0v) is 11.6. The summed E-state index contributed by atoms with van der Waals surface area (Å²) in [7, 11) is 0. The summed E-state index contributed by atoms with van der Waals surface area (Å²) in [5.41, 5.74) is -0.342. The summed E-state index contributed by atoms with van der Waals surface area (Å²) in [4.78, 5) is 11.1. The number of amides is 1. The lowest BCUT2D eigenvalue weighted by atomic mass is 9.78. The van der Waals surface area contributed by atoms with Crippen molar-refractivity contribution >= 4 is 5.91 Å². The summed E-state index contributed by atoms with van der Waals surface area (Å²) >= 11 is 0. The molecule has 0 atom stereocenters. The number of alkyl halides is 5. The van der Waals surface area contributed by atoms with E-state index in [9.17, 15) is 26.7 Å². The lowest BCUT2D eigenvalue weighted by molar-refractivity contribution is -0.269. The topological polar surface area (TPSA) is 29.1 Å². The number of nitrogens with one attached hydrogen (secondary N) is 1. The summed E-state index contributed by atoms with van der Waals surface area (Å²) in [5.74, 6) is -7.28.